The number of hydrogen-bond donors (Lipinski definition) is 1. The number of piperidine rings is 1. The van der Waals surface area contributed by atoms with E-state index in [9.17, 15) is 0 Å². The first kappa shape index (κ1) is 15.8. The van der Waals surface area contributed by atoms with Crippen LogP contribution in [-0.4, -0.2) is 24.1 Å². The minimum atomic E-state index is 0.529. The van der Waals surface area contributed by atoms with Crippen LogP contribution in [0, 0.1) is 18.8 Å². The summed E-state index contributed by atoms with van der Waals surface area (Å²) in [5.74, 6) is 1.72. The van der Waals surface area contributed by atoms with E-state index in [0.717, 1.165) is 18.4 Å². The van der Waals surface area contributed by atoms with Crippen LogP contribution in [0.4, 0.5) is 5.13 Å². The van der Waals surface area contributed by atoms with Crippen molar-refractivity contribution in [3.8, 4) is 0 Å². The Balaban J connectivity index is 1.95. The summed E-state index contributed by atoms with van der Waals surface area (Å²) >= 11 is 1.87. The number of rotatable bonds is 5. The zero-order valence-electron chi connectivity index (χ0n) is 13.6. The van der Waals surface area contributed by atoms with Gasteiger partial charge in [-0.05, 0) is 31.6 Å². The van der Waals surface area contributed by atoms with Gasteiger partial charge in [-0.25, -0.2) is 4.98 Å². The maximum atomic E-state index is 4.79. The van der Waals surface area contributed by atoms with Crippen LogP contribution in [-0.2, 0) is 6.54 Å². The number of nitrogens with one attached hydrogen (secondary N) is 1. The predicted octanol–water partition coefficient (Wildman–Crippen LogP) is 3.82. The van der Waals surface area contributed by atoms with Gasteiger partial charge in [-0.2, -0.15) is 0 Å². The summed E-state index contributed by atoms with van der Waals surface area (Å²) in [6, 6.07) is 0.529. The summed E-state index contributed by atoms with van der Waals surface area (Å²) in [6.45, 7) is 14.5. The van der Waals surface area contributed by atoms with Gasteiger partial charge in [0.25, 0.3) is 0 Å². The molecule has 0 amide bonds. The zero-order valence-corrected chi connectivity index (χ0v) is 14.4. The van der Waals surface area contributed by atoms with Gasteiger partial charge in [-0.15, -0.1) is 11.3 Å². The first-order valence-corrected chi connectivity index (χ1v) is 8.73. The van der Waals surface area contributed by atoms with E-state index >= 15 is 0 Å². The van der Waals surface area contributed by atoms with Crippen molar-refractivity contribution in [1.29, 1.82) is 0 Å². The third-order valence-electron chi connectivity index (χ3n) is 4.31. The fourth-order valence-corrected chi connectivity index (χ4v) is 3.83. The number of nitrogens with zero attached hydrogens (tertiary/aromatic N) is 2. The van der Waals surface area contributed by atoms with E-state index in [1.165, 1.54) is 41.6 Å². The smallest absolute Gasteiger partial charge is 0.185 e. The SMILES string of the molecule is Cc1nc(N2CCC(C(C)C)CC2)sc1CNC(C)C. The third-order valence-corrected chi connectivity index (χ3v) is 5.52. The number of thiazole rings is 1. The van der Waals surface area contributed by atoms with Gasteiger partial charge in [-0.3, -0.25) is 0 Å². The largest absolute Gasteiger partial charge is 0.348 e. The molecule has 2 heterocycles. The number of aromatic nitrogens is 1. The van der Waals surface area contributed by atoms with Crippen LogP contribution >= 0.6 is 11.3 Å². The molecule has 0 atom stereocenters. The molecule has 0 bridgehead atoms. The maximum Gasteiger partial charge on any atom is 0.185 e. The Kier molecular flexibility index (Phi) is 5.44. The molecule has 1 N–H and O–H groups in total. The zero-order chi connectivity index (χ0) is 14.7. The molecular weight excluding hydrogens is 266 g/mol. The average Bonchev–Trinajstić information content (AvgIpc) is 2.78. The molecular formula is C16H29N3S. The molecule has 1 fully saturated rings. The number of anilines is 1. The van der Waals surface area contributed by atoms with E-state index in [1.807, 2.05) is 11.3 Å². The fraction of sp³-hybridized carbons (Fsp3) is 0.812. The van der Waals surface area contributed by atoms with Gasteiger partial charge in [0, 0.05) is 30.6 Å². The van der Waals surface area contributed by atoms with Gasteiger partial charge >= 0.3 is 0 Å². The van der Waals surface area contributed by atoms with Crippen molar-refractivity contribution in [3.63, 3.8) is 0 Å². The standard InChI is InChI=1S/C16H29N3S/c1-11(2)14-6-8-19(9-7-14)16-18-13(5)15(20-16)10-17-12(3)4/h11-12,14,17H,6-10H2,1-5H3. The highest BCUT2D eigenvalue weighted by Gasteiger charge is 2.23. The summed E-state index contributed by atoms with van der Waals surface area (Å²) in [4.78, 5) is 8.66. The monoisotopic (exact) mass is 295 g/mol. The molecule has 1 aromatic rings. The second-order valence-electron chi connectivity index (χ2n) is 6.61. The average molecular weight is 295 g/mol. The quantitative estimate of drug-likeness (QED) is 0.895. The summed E-state index contributed by atoms with van der Waals surface area (Å²) in [6.07, 6.45) is 2.63. The van der Waals surface area contributed by atoms with Gasteiger partial charge in [-0.1, -0.05) is 27.7 Å². The normalized spacial score (nSPS) is 17.4. The lowest BCUT2D eigenvalue weighted by atomic mass is 9.87. The highest BCUT2D eigenvalue weighted by atomic mass is 32.1. The molecule has 1 aliphatic rings. The molecule has 1 aromatic heterocycles. The molecule has 1 aliphatic heterocycles. The molecule has 0 radical (unpaired) electrons. The summed E-state index contributed by atoms with van der Waals surface area (Å²) in [5.41, 5.74) is 1.20. The van der Waals surface area contributed by atoms with Gasteiger partial charge in [0.2, 0.25) is 0 Å². The lowest BCUT2D eigenvalue weighted by Crippen LogP contribution is -2.35. The minimum Gasteiger partial charge on any atom is -0.348 e. The van der Waals surface area contributed by atoms with Gasteiger partial charge in [0.15, 0.2) is 5.13 Å². The van der Waals surface area contributed by atoms with Crippen molar-refractivity contribution in [3.05, 3.63) is 10.6 Å². The Labute approximate surface area is 127 Å². The van der Waals surface area contributed by atoms with Crippen molar-refractivity contribution in [1.82, 2.24) is 10.3 Å². The Morgan fingerprint density at radius 3 is 2.45 bits per heavy atom. The Morgan fingerprint density at radius 1 is 1.25 bits per heavy atom. The molecule has 4 heteroatoms. The molecule has 0 aliphatic carbocycles. The summed E-state index contributed by atoms with van der Waals surface area (Å²) in [7, 11) is 0. The summed E-state index contributed by atoms with van der Waals surface area (Å²) in [5, 5.41) is 4.72. The summed E-state index contributed by atoms with van der Waals surface area (Å²) < 4.78 is 0. The van der Waals surface area contributed by atoms with E-state index < -0.39 is 0 Å². The molecule has 1 saturated heterocycles. The van der Waals surface area contributed by atoms with Crippen LogP contribution in [0.15, 0.2) is 0 Å². The predicted molar refractivity (Wildman–Crippen MR) is 88.6 cm³/mol. The molecule has 2 rings (SSSR count). The molecule has 20 heavy (non-hydrogen) atoms. The van der Waals surface area contributed by atoms with Crippen molar-refractivity contribution < 1.29 is 0 Å². The number of hydrogen-bond acceptors (Lipinski definition) is 4. The van der Waals surface area contributed by atoms with E-state index in [0.29, 0.717) is 6.04 Å². The van der Waals surface area contributed by atoms with E-state index in [1.54, 1.807) is 0 Å². The van der Waals surface area contributed by atoms with Gasteiger partial charge in [0.05, 0.1) is 5.69 Å². The van der Waals surface area contributed by atoms with Crippen molar-refractivity contribution in [2.24, 2.45) is 11.8 Å². The molecule has 0 aromatic carbocycles. The van der Waals surface area contributed by atoms with Crippen molar-refractivity contribution in [2.45, 2.75) is 60.0 Å². The van der Waals surface area contributed by atoms with E-state index in [2.05, 4.69) is 44.8 Å². The Morgan fingerprint density at radius 2 is 1.90 bits per heavy atom. The minimum absolute atomic E-state index is 0.529. The van der Waals surface area contributed by atoms with E-state index in [4.69, 9.17) is 4.98 Å². The fourth-order valence-electron chi connectivity index (χ4n) is 2.77. The van der Waals surface area contributed by atoms with Gasteiger partial charge in [0.1, 0.15) is 0 Å². The van der Waals surface area contributed by atoms with Crippen LogP contribution in [0.25, 0.3) is 0 Å². The maximum absolute atomic E-state index is 4.79. The third kappa shape index (κ3) is 3.95. The first-order chi connectivity index (χ1) is 9.47. The topological polar surface area (TPSA) is 28.2 Å². The second-order valence-corrected chi connectivity index (χ2v) is 7.67. The van der Waals surface area contributed by atoms with Crippen LogP contribution in [0.5, 0.6) is 0 Å². The highest BCUT2D eigenvalue weighted by molar-refractivity contribution is 7.15. The van der Waals surface area contributed by atoms with Crippen LogP contribution < -0.4 is 10.2 Å². The van der Waals surface area contributed by atoms with E-state index in [-0.39, 0.29) is 0 Å². The van der Waals surface area contributed by atoms with Crippen LogP contribution in [0.2, 0.25) is 0 Å². The highest BCUT2D eigenvalue weighted by Crippen LogP contribution is 2.31. The molecule has 3 nitrogen and oxygen atoms in total. The molecule has 0 saturated carbocycles. The molecule has 0 unspecified atom stereocenters. The lowest BCUT2D eigenvalue weighted by molar-refractivity contribution is 0.311. The second kappa shape index (κ2) is 6.90. The Hall–Kier alpha value is -0.610. The van der Waals surface area contributed by atoms with Crippen molar-refractivity contribution in [2.75, 3.05) is 18.0 Å². The van der Waals surface area contributed by atoms with Gasteiger partial charge < -0.3 is 10.2 Å². The van der Waals surface area contributed by atoms with Crippen LogP contribution in [0.1, 0.15) is 51.1 Å². The van der Waals surface area contributed by atoms with Crippen LogP contribution in [0.3, 0.4) is 0 Å². The first-order valence-electron chi connectivity index (χ1n) is 7.92. The number of aryl methyl sites for hydroxylation is 1. The lowest BCUT2D eigenvalue weighted by Gasteiger charge is -2.33. The molecule has 114 valence electrons. The molecule has 0 spiro atoms. The van der Waals surface area contributed by atoms with Crippen molar-refractivity contribution >= 4 is 16.5 Å². The Bertz CT molecular complexity index is 417.